The third kappa shape index (κ3) is 5.44. The van der Waals surface area contributed by atoms with Crippen molar-refractivity contribution in [2.45, 2.75) is 37.8 Å². The van der Waals surface area contributed by atoms with Crippen molar-refractivity contribution >= 4 is 18.3 Å². The van der Waals surface area contributed by atoms with Crippen molar-refractivity contribution in [3.63, 3.8) is 0 Å². The molecule has 0 bridgehead atoms. The van der Waals surface area contributed by atoms with Crippen LogP contribution in [0.2, 0.25) is 0 Å². The first-order valence-electron chi connectivity index (χ1n) is 9.01. The molecule has 0 spiro atoms. The fourth-order valence-corrected chi connectivity index (χ4v) is 3.59. The highest BCUT2D eigenvalue weighted by Crippen LogP contribution is 2.28. The average molecular weight is 393 g/mol. The van der Waals surface area contributed by atoms with Gasteiger partial charge in [0.2, 0.25) is 5.91 Å². The SMILES string of the molecule is COc1ccc(C(NC(=O)C[C@@H]2CCC[C@H]2N)c2ccc(F)cc2)cc1.Cl. The molecule has 1 unspecified atom stereocenters. The molecule has 0 saturated heterocycles. The van der Waals surface area contributed by atoms with E-state index in [0.29, 0.717) is 6.42 Å². The molecular weight excluding hydrogens is 367 g/mol. The topological polar surface area (TPSA) is 64.3 Å². The Kier molecular flexibility index (Phi) is 7.63. The van der Waals surface area contributed by atoms with Crippen LogP contribution in [-0.4, -0.2) is 19.1 Å². The summed E-state index contributed by atoms with van der Waals surface area (Å²) in [5, 5.41) is 3.10. The zero-order valence-electron chi connectivity index (χ0n) is 15.4. The molecule has 3 atom stereocenters. The average Bonchev–Trinajstić information content (AvgIpc) is 3.05. The number of methoxy groups -OCH3 is 1. The summed E-state index contributed by atoms with van der Waals surface area (Å²) < 4.78 is 18.5. The van der Waals surface area contributed by atoms with Gasteiger partial charge in [0.25, 0.3) is 0 Å². The number of rotatable bonds is 6. The van der Waals surface area contributed by atoms with Gasteiger partial charge in [0.1, 0.15) is 11.6 Å². The van der Waals surface area contributed by atoms with Crippen molar-refractivity contribution in [2.24, 2.45) is 11.7 Å². The minimum atomic E-state index is -0.341. The van der Waals surface area contributed by atoms with E-state index in [1.54, 1.807) is 19.2 Å². The second-order valence-electron chi connectivity index (χ2n) is 6.88. The lowest BCUT2D eigenvalue weighted by Crippen LogP contribution is -2.34. The molecule has 1 aliphatic rings. The number of halogens is 2. The lowest BCUT2D eigenvalue weighted by molar-refractivity contribution is -0.122. The number of carbonyl (C=O) groups excluding carboxylic acids is 1. The Morgan fingerprint density at radius 2 is 1.74 bits per heavy atom. The largest absolute Gasteiger partial charge is 0.497 e. The van der Waals surface area contributed by atoms with E-state index in [1.165, 1.54) is 12.1 Å². The second-order valence-corrected chi connectivity index (χ2v) is 6.88. The van der Waals surface area contributed by atoms with Gasteiger partial charge in [-0.2, -0.15) is 0 Å². The van der Waals surface area contributed by atoms with Gasteiger partial charge in [-0.25, -0.2) is 4.39 Å². The molecule has 1 fully saturated rings. The standard InChI is InChI=1S/C21H25FN2O2.ClH/c1-26-18-11-7-15(8-12-18)21(14-5-9-17(22)10-6-14)24-20(25)13-16-3-2-4-19(16)23;/h5-12,16,19,21H,2-4,13,23H2,1H3,(H,24,25);1H/t16-,19+,21?;/m0./s1. The van der Waals surface area contributed by atoms with Crippen molar-refractivity contribution in [3.05, 3.63) is 65.5 Å². The Balaban J connectivity index is 0.00000261. The van der Waals surface area contributed by atoms with Crippen molar-refractivity contribution in [3.8, 4) is 5.75 Å². The van der Waals surface area contributed by atoms with E-state index in [9.17, 15) is 9.18 Å². The highest BCUT2D eigenvalue weighted by Gasteiger charge is 2.27. The molecule has 1 aliphatic carbocycles. The first kappa shape index (κ1) is 21.2. The van der Waals surface area contributed by atoms with E-state index in [2.05, 4.69) is 5.32 Å². The maximum atomic E-state index is 13.3. The maximum absolute atomic E-state index is 13.3. The summed E-state index contributed by atoms with van der Waals surface area (Å²) in [4.78, 5) is 12.6. The van der Waals surface area contributed by atoms with Gasteiger partial charge in [0.05, 0.1) is 13.2 Å². The van der Waals surface area contributed by atoms with Crippen molar-refractivity contribution < 1.29 is 13.9 Å². The van der Waals surface area contributed by atoms with Crippen LogP contribution in [0, 0.1) is 11.7 Å². The molecule has 0 aliphatic heterocycles. The third-order valence-corrected chi connectivity index (χ3v) is 5.12. The molecule has 2 aromatic carbocycles. The number of nitrogens with two attached hydrogens (primary N) is 1. The van der Waals surface area contributed by atoms with Gasteiger partial charge < -0.3 is 15.8 Å². The molecule has 1 saturated carbocycles. The molecule has 6 heteroatoms. The normalized spacial score (nSPS) is 19.8. The number of ether oxygens (including phenoxy) is 1. The molecular formula is C21H26ClFN2O2. The van der Waals surface area contributed by atoms with Gasteiger partial charge in [-0.05, 0) is 54.2 Å². The summed E-state index contributed by atoms with van der Waals surface area (Å²) in [6, 6.07) is 13.5. The minimum Gasteiger partial charge on any atom is -0.497 e. The zero-order chi connectivity index (χ0) is 18.5. The maximum Gasteiger partial charge on any atom is 0.221 e. The monoisotopic (exact) mass is 392 g/mol. The predicted octanol–water partition coefficient (Wildman–Crippen LogP) is 3.98. The number of nitrogens with one attached hydrogen (secondary N) is 1. The van der Waals surface area contributed by atoms with Crippen LogP contribution >= 0.6 is 12.4 Å². The van der Waals surface area contributed by atoms with Gasteiger partial charge in [-0.15, -0.1) is 12.4 Å². The zero-order valence-corrected chi connectivity index (χ0v) is 16.2. The Hall–Kier alpha value is -2.11. The van der Waals surface area contributed by atoms with Crippen LogP contribution in [0.15, 0.2) is 48.5 Å². The number of hydrogen-bond donors (Lipinski definition) is 2. The lowest BCUT2D eigenvalue weighted by atomic mass is 9.96. The van der Waals surface area contributed by atoms with Crippen LogP contribution in [0.3, 0.4) is 0 Å². The van der Waals surface area contributed by atoms with Crippen LogP contribution in [0.1, 0.15) is 42.9 Å². The molecule has 0 radical (unpaired) electrons. The highest BCUT2D eigenvalue weighted by molar-refractivity contribution is 5.85. The number of amides is 1. The first-order chi connectivity index (χ1) is 12.6. The molecule has 3 rings (SSSR count). The molecule has 1 amide bonds. The molecule has 27 heavy (non-hydrogen) atoms. The number of carbonyl (C=O) groups is 1. The molecule has 4 nitrogen and oxygen atoms in total. The van der Waals surface area contributed by atoms with Crippen LogP contribution < -0.4 is 15.8 Å². The van der Waals surface area contributed by atoms with Crippen LogP contribution in [0.5, 0.6) is 5.75 Å². The molecule has 0 heterocycles. The van der Waals surface area contributed by atoms with Crippen LogP contribution in [0.4, 0.5) is 4.39 Å². The smallest absolute Gasteiger partial charge is 0.221 e. The fourth-order valence-electron chi connectivity index (χ4n) is 3.59. The lowest BCUT2D eigenvalue weighted by Gasteiger charge is -2.22. The summed E-state index contributed by atoms with van der Waals surface area (Å²) in [5.74, 6) is 0.651. The van der Waals surface area contributed by atoms with Gasteiger partial charge in [-0.1, -0.05) is 30.7 Å². The van der Waals surface area contributed by atoms with E-state index in [1.807, 2.05) is 24.3 Å². The fraction of sp³-hybridized carbons (Fsp3) is 0.381. The Labute approximate surface area is 165 Å². The summed E-state index contributed by atoms with van der Waals surface area (Å²) >= 11 is 0. The Bertz CT molecular complexity index is 737. The molecule has 2 aromatic rings. The van der Waals surface area contributed by atoms with E-state index < -0.39 is 0 Å². The quantitative estimate of drug-likeness (QED) is 0.781. The van der Waals surface area contributed by atoms with Gasteiger partial charge in [-0.3, -0.25) is 4.79 Å². The summed E-state index contributed by atoms with van der Waals surface area (Å²) in [5.41, 5.74) is 7.85. The van der Waals surface area contributed by atoms with Crippen molar-refractivity contribution in [1.29, 1.82) is 0 Å². The molecule has 3 N–H and O–H groups in total. The van der Waals surface area contributed by atoms with Crippen LogP contribution in [-0.2, 0) is 4.79 Å². The summed E-state index contributed by atoms with van der Waals surface area (Å²) in [7, 11) is 1.61. The summed E-state index contributed by atoms with van der Waals surface area (Å²) in [6.07, 6.45) is 3.49. The van der Waals surface area contributed by atoms with Crippen molar-refractivity contribution in [2.75, 3.05) is 7.11 Å². The Morgan fingerprint density at radius 3 is 2.26 bits per heavy atom. The predicted molar refractivity (Wildman–Crippen MR) is 107 cm³/mol. The van der Waals surface area contributed by atoms with E-state index in [0.717, 1.165) is 36.1 Å². The van der Waals surface area contributed by atoms with E-state index in [4.69, 9.17) is 10.5 Å². The highest BCUT2D eigenvalue weighted by atomic mass is 35.5. The van der Waals surface area contributed by atoms with Gasteiger partial charge >= 0.3 is 0 Å². The Morgan fingerprint density at radius 1 is 1.15 bits per heavy atom. The molecule has 0 aromatic heterocycles. The minimum absolute atomic E-state index is 0. The first-order valence-corrected chi connectivity index (χ1v) is 9.01. The van der Waals surface area contributed by atoms with Gasteiger partial charge in [0.15, 0.2) is 0 Å². The van der Waals surface area contributed by atoms with E-state index in [-0.39, 0.29) is 42.1 Å². The second kappa shape index (κ2) is 9.72. The van der Waals surface area contributed by atoms with Crippen molar-refractivity contribution in [1.82, 2.24) is 5.32 Å². The summed E-state index contributed by atoms with van der Waals surface area (Å²) in [6.45, 7) is 0. The number of benzene rings is 2. The van der Waals surface area contributed by atoms with E-state index >= 15 is 0 Å². The van der Waals surface area contributed by atoms with Crippen LogP contribution in [0.25, 0.3) is 0 Å². The number of hydrogen-bond acceptors (Lipinski definition) is 3. The molecule has 146 valence electrons. The third-order valence-electron chi connectivity index (χ3n) is 5.12. The van der Waals surface area contributed by atoms with Gasteiger partial charge in [0, 0.05) is 12.5 Å².